The van der Waals surface area contributed by atoms with Gasteiger partial charge < -0.3 is 29.9 Å². The van der Waals surface area contributed by atoms with E-state index in [9.17, 15) is 30.0 Å². The van der Waals surface area contributed by atoms with Crippen molar-refractivity contribution >= 4 is 11.8 Å². The van der Waals surface area contributed by atoms with Gasteiger partial charge in [-0.05, 0) is 30.9 Å². The summed E-state index contributed by atoms with van der Waals surface area (Å²) in [7, 11) is 0. The maximum Gasteiger partial charge on any atom is 0.303 e. The van der Waals surface area contributed by atoms with E-state index in [1.807, 2.05) is 0 Å². The Kier molecular flexibility index (Phi) is 4.87. The topological polar surface area (TPSA) is 134 Å². The minimum absolute atomic E-state index is 0.00175. The minimum atomic E-state index is -1.54. The standard InChI is InChI=1S/C23H34O8/c1-10-13(25)8-23(29)11(2)18-21(6,14(26)7-15-22(18,28)9-30-15)19(27)17(31-12(3)24)16(10)20(23,4)5/h11,13-15,17-18,25-26,28-29H,7-9H2,1-6H3/t11?,13-,14-,15+,17+,18?,21+,22-,23+/m0/s1. The molecule has 2 bridgehead atoms. The number of ketones is 1. The molecule has 4 rings (SSSR count). The number of rotatable bonds is 1. The van der Waals surface area contributed by atoms with Gasteiger partial charge in [0.05, 0.1) is 35.9 Å². The molecule has 8 nitrogen and oxygen atoms in total. The summed E-state index contributed by atoms with van der Waals surface area (Å²) in [5, 5.41) is 45.7. The molecule has 0 aromatic heterocycles. The molecule has 0 aromatic carbocycles. The molecule has 0 amide bonds. The molecule has 31 heavy (non-hydrogen) atoms. The van der Waals surface area contributed by atoms with Crippen molar-refractivity contribution in [2.45, 2.75) is 90.0 Å². The van der Waals surface area contributed by atoms with Crippen LogP contribution in [0.15, 0.2) is 11.1 Å². The predicted molar refractivity (Wildman–Crippen MR) is 109 cm³/mol. The zero-order valence-corrected chi connectivity index (χ0v) is 19.0. The third kappa shape index (κ3) is 2.60. The average Bonchev–Trinajstić information content (AvgIpc) is 2.66. The molecule has 8 heteroatoms. The number of esters is 1. The summed E-state index contributed by atoms with van der Waals surface area (Å²) in [6.45, 7) is 9.77. The van der Waals surface area contributed by atoms with Crippen LogP contribution < -0.4 is 0 Å². The Morgan fingerprint density at radius 2 is 1.81 bits per heavy atom. The summed E-state index contributed by atoms with van der Waals surface area (Å²) in [5.74, 6) is -2.76. The van der Waals surface area contributed by atoms with E-state index in [4.69, 9.17) is 9.47 Å². The lowest BCUT2D eigenvalue weighted by molar-refractivity contribution is -0.335. The molecule has 3 fully saturated rings. The monoisotopic (exact) mass is 438 g/mol. The quantitative estimate of drug-likeness (QED) is 0.343. The number of hydrogen-bond acceptors (Lipinski definition) is 8. The summed E-state index contributed by atoms with van der Waals surface area (Å²) in [5.41, 5.74) is -4.66. The molecule has 1 heterocycles. The summed E-state index contributed by atoms with van der Waals surface area (Å²) in [6.07, 6.45) is -4.17. The highest BCUT2D eigenvalue weighted by molar-refractivity contribution is 5.95. The number of fused-ring (bicyclic) bond motifs is 5. The Morgan fingerprint density at radius 3 is 2.32 bits per heavy atom. The molecule has 0 aromatic rings. The molecule has 0 radical (unpaired) electrons. The molecular formula is C23H34O8. The Labute approximate surface area is 182 Å². The van der Waals surface area contributed by atoms with Crippen LogP contribution in [0.3, 0.4) is 0 Å². The zero-order valence-electron chi connectivity index (χ0n) is 19.0. The van der Waals surface area contributed by atoms with Gasteiger partial charge in [-0.25, -0.2) is 0 Å². The maximum atomic E-state index is 14.1. The van der Waals surface area contributed by atoms with Gasteiger partial charge in [-0.1, -0.05) is 20.8 Å². The van der Waals surface area contributed by atoms with Gasteiger partial charge in [-0.2, -0.15) is 0 Å². The van der Waals surface area contributed by atoms with Crippen molar-refractivity contribution in [3.8, 4) is 0 Å². The Hall–Kier alpha value is -1.32. The fraction of sp³-hybridized carbons (Fsp3) is 0.826. The van der Waals surface area contributed by atoms with Crippen LogP contribution in [0.2, 0.25) is 0 Å². The highest BCUT2D eigenvalue weighted by Crippen LogP contribution is 2.64. The zero-order chi connectivity index (χ0) is 23.3. The molecule has 9 atom stereocenters. The second kappa shape index (κ2) is 6.60. The minimum Gasteiger partial charge on any atom is -0.450 e. The number of ether oxygens (including phenoxy) is 2. The molecule has 1 aliphatic heterocycles. The summed E-state index contributed by atoms with van der Waals surface area (Å²) in [4.78, 5) is 26.2. The first-order valence-electron chi connectivity index (χ1n) is 11.0. The van der Waals surface area contributed by atoms with Crippen molar-refractivity contribution in [1.82, 2.24) is 0 Å². The highest BCUT2D eigenvalue weighted by atomic mass is 16.6. The van der Waals surface area contributed by atoms with E-state index in [-0.39, 0.29) is 19.4 Å². The van der Waals surface area contributed by atoms with Crippen LogP contribution in [0.25, 0.3) is 0 Å². The van der Waals surface area contributed by atoms with E-state index >= 15 is 0 Å². The molecule has 0 spiro atoms. The predicted octanol–water partition coefficient (Wildman–Crippen LogP) is 0.492. The highest BCUT2D eigenvalue weighted by Gasteiger charge is 2.74. The van der Waals surface area contributed by atoms with E-state index in [0.29, 0.717) is 11.1 Å². The Bertz CT molecular complexity index is 864. The van der Waals surface area contributed by atoms with Gasteiger partial charge in [0.15, 0.2) is 11.9 Å². The van der Waals surface area contributed by atoms with Crippen LogP contribution in [0.5, 0.6) is 0 Å². The van der Waals surface area contributed by atoms with E-state index in [1.54, 1.807) is 34.6 Å². The third-order valence-corrected chi connectivity index (χ3v) is 9.14. The normalized spacial score (nSPS) is 51.1. The van der Waals surface area contributed by atoms with Crippen LogP contribution in [0.4, 0.5) is 0 Å². The summed E-state index contributed by atoms with van der Waals surface area (Å²) >= 11 is 0. The van der Waals surface area contributed by atoms with Crippen LogP contribution in [0, 0.1) is 22.7 Å². The largest absolute Gasteiger partial charge is 0.450 e. The van der Waals surface area contributed by atoms with Crippen molar-refractivity contribution in [2.75, 3.05) is 6.61 Å². The fourth-order valence-corrected chi connectivity index (χ4v) is 7.24. The molecule has 4 aliphatic rings. The Balaban J connectivity index is 2.04. The van der Waals surface area contributed by atoms with Gasteiger partial charge in [-0.15, -0.1) is 0 Å². The lowest BCUT2D eigenvalue weighted by Gasteiger charge is -2.67. The summed E-state index contributed by atoms with van der Waals surface area (Å²) in [6, 6.07) is 0. The van der Waals surface area contributed by atoms with Gasteiger partial charge in [0.25, 0.3) is 0 Å². The molecule has 3 aliphatic carbocycles. The van der Waals surface area contributed by atoms with E-state index in [0.717, 1.165) is 0 Å². The molecule has 4 N–H and O–H groups in total. The molecule has 174 valence electrons. The maximum absolute atomic E-state index is 14.1. The smallest absolute Gasteiger partial charge is 0.303 e. The van der Waals surface area contributed by atoms with Crippen LogP contribution >= 0.6 is 0 Å². The lowest BCUT2D eigenvalue weighted by Crippen LogP contribution is -2.79. The first kappa shape index (κ1) is 22.9. The number of carbonyl (C=O) groups excluding carboxylic acids is 2. The molecule has 2 saturated carbocycles. The van der Waals surface area contributed by atoms with Crippen molar-refractivity contribution in [2.24, 2.45) is 22.7 Å². The van der Waals surface area contributed by atoms with Crippen molar-refractivity contribution in [3.05, 3.63) is 11.1 Å². The molecule has 2 unspecified atom stereocenters. The number of aliphatic hydroxyl groups excluding tert-OH is 2. The van der Waals surface area contributed by atoms with Crippen LogP contribution in [0.1, 0.15) is 54.4 Å². The Morgan fingerprint density at radius 1 is 1.19 bits per heavy atom. The summed E-state index contributed by atoms with van der Waals surface area (Å²) < 4.78 is 11.1. The van der Waals surface area contributed by atoms with E-state index < -0.39 is 70.0 Å². The first-order chi connectivity index (χ1) is 14.1. The van der Waals surface area contributed by atoms with Crippen molar-refractivity contribution < 1.29 is 39.5 Å². The van der Waals surface area contributed by atoms with Crippen molar-refractivity contribution in [1.29, 1.82) is 0 Å². The second-order valence-electron chi connectivity index (χ2n) is 10.8. The van der Waals surface area contributed by atoms with Gasteiger partial charge in [-0.3, -0.25) is 9.59 Å². The third-order valence-electron chi connectivity index (χ3n) is 9.14. The number of hydrogen-bond donors (Lipinski definition) is 4. The molecule has 1 saturated heterocycles. The number of Topliss-reactive ketones (excluding diaryl/α,β-unsaturated/α-hetero) is 1. The first-order valence-corrected chi connectivity index (χ1v) is 11.0. The second-order valence-corrected chi connectivity index (χ2v) is 10.8. The fourth-order valence-electron chi connectivity index (χ4n) is 7.24. The SMILES string of the molecule is CC(=O)O[C@H]1C(=O)[C@@]2(C)C(C(C)[C@]3(O)C[C@H](O)C(C)=C1C3(C)C)[C@]1(O)CO[C@@H]1C[C@@H]2O. The van der Waals surface area contributed by atoms with Crippen molar-refractivity contribution in [3.63, 3.8) is 0 Å². The van der Waals surface area contributed by atoms with Gasteiger partial charge in [0.2, 0.25) is 0 Å². The molecular weight excluding hydrogens is 404 g/mol. The van der Waals surface area contributed by atoms with Gasteiger partial charge >= 0.3 is 5.97 Å². The lowest BCUT2D eigenvalue weighted by atomic mass is 9.43. The van der Waals surface area contributed by atoms with Gasteiger partial charge in [0.1, 0.15) is 5.60 Å². The van der Waals surface area contributed by atoms with E-state index in [1.165, 1.54) is 6.92 Å². The van der Waals surface area contributed by atoms with Gasteiger partial charge in [0, 0.05) is 31.1 Å². The number of aliphatic hydroxyl groups is 4. The van der Waals surface area contributed by atoms with Crippen LogP contribution in [-0.2, 0) is 19.1 Å². The number of carbonyl (C=O) groups is 2. The van der Waals surface area contributed by atoms with E-state index in [2.05, 4.69) is 0 Å². The van der Waals surface area contributed by atoms with Crippen LogP contribution in [-0.4, -0.2) is 74.4 Å². The average molecular weight is 439 g/mol.